The molecule has 26 heavy (non-hydrogen) atoms. The van der Waals surface area contributed by atoms with Crippen LogP contribution in [-0.4, -0.2) is 24.7 Å². The van der Waals surface area contributed by atoms with E-state index in [9.17, 15) is 8.42 Å². The highest BCUT2D eigenvalue weighted by molar-refractivity contribution is 7.88. The third-order valence-electron chi connectivity index (χ3n) is 3.96. The number of rotatable bonds is 8. The summed E-state index contributed by atoms with van der Waals surface area (Å²) in [7, 11) is -3.29. The van der Waals surface area contributed by atoms with Gasteiger partial charge >= 0.3 is 0 Å². The molecule has 6 nitrogen and oxygen atoms in total. The summed E-state index contributed by atoms with van der Waals surface area (Å²) in [6, 6.07) is 13.8. The van der Waals surface area contributed by atoms with E-state index < -0.39 is 10.0 Å². The van der Waals surface area contributed by atoms with E-state index >= 15 is 0 Å². The Labute approximate surface area is 154 Å². The number of aromatic amines is 1. The third kappa shape index (κ3) is 5.14. The smallest absolute Gasteiger partial charge is 0.216 e. The zero-order chi connectivity index (χ0) is 18.6. The van der Waals surface area contributed by atoms with Crippen molar-refractivity contribution in [3.8, 4) is 0 Å². The normalized spacial score (nSPS) is 12.1. The van der Waals surface area contributed by atoms with E-state index in [2.05, 4.69) is 38.4 Å². The van der Waals surface area contributed by atoms with Crippen molar-refractivity contribution >= 4 is 20.9 Å². The standard InChI is InChI=1S/C19H24N4O2S/c1-14(2)23-26(24,25)13-16-5-3-15(4-6-16)10-20-11-17-7-8-18-12-21-22-19(18)9-17/h3-9,12,14,20,23H,10-11,13H2,1-2H3,(H,21,22). The fraction of sp³-hybridized carbons (Fsp3) is 0.316. The molecule has 0 spiro atoms. The molecule has 0 bridgehead atoms. The average molecular weight is 372 g/mol. The molecular formula is C19H24N4O2S. The zero-order valence-corrected chi connectivity index (χ0v) is 15.8. The predicted octanol–water partition coefficient (Wildman–Crippen LogP) is 2.68. The van der Waals surface area contributed by atoms with Crippen LogP contribution in [0.3, 0.4) is 0 Å². The van der Waals surface area contributed by atoms with Crippen LogP contribution in [-0.2, 0) is 28.9 Å². The summed E-state index contributed by atoms with van der Waals surface area (Å²) in [5, 5.41) is 11.5. The fourth-order valence-corrected chi connectivity index (χ4v) is 4.25. The molecule has 0 aliphatic carbocycles. The SMILES string of the molecule is CC(C)NS(=O)(=O)Cc1ccc(CNCc2ccc3cn[nH]c3c2)cc1. The first-order valence-electron chi connectivity index (χ1n) is 8.62. The molecular weight excluding hydrogens is 348 g/mol. The van der Waals surface area contributed by atoms with Crippen molar-refractivity contribution in [2.45, 2.75) is 38.7 Å². The van der Waals surface area contributed by atoms with E-state index in [1.54, 1.807) is 0 Å². The molecule has 3 rings (SSSR count). The van der Waals surface area contributed by atoms with E-state index in [4.69, 9.17) is 0 Å². The lowest BCUT2D eigenvalue weighted by Crippen LogP contribution is -2.31. The number of sulfonamides is 1. The molecule has 0 saturated heterocycles. The molecule has 0 atom stereocenters. The number of nitrogens with zero attached hydrogens (tertiary/aromatic N) is 1. The van der Waals surface area contributed by atoms with Gasteiger partial charge in [-0.2, -0.15) is 5.10 Å². The second-order valence-electron chi connectivity index (χ2n) is 6.74. The Morgan fingerprint density at radius 2 is 1.65 bits per heavy atom. The van der Waals surface area contributed by atoms with Crippen molar-refractivity contribution in [1.29, 1.82) is 0 Å². The molecule has 138 valence electrons. The minimum Gasteiger partial charge on any atom is -0.309 e. The van der Waals surface area contributed by atoms with Gasteiger partial charge in [0.15, 0.2) is 0 Å². The maximum Gasteiger partial charge on any atom is 0.216 e. The number of nitrogens with one attached hydrogen (secondary N) is 3. The minimum absolute atomic E-state index is 0.00306. The van der Waals surface area contributed by atoms with Gasteiger partial charge in [0.05, 0.1) is 17.5 Å². The summed E-state index contributed by atoms with van der Waals surface area (Å²) >= 11 is 0. The van der Waals surface area contributed by atoms with Crippen LogP contribution < -0.4 is 10.0 Å². The third-order valence-corrected chi connectivity index (χ3v) is 5.50. The number of fused-ring (bicyclic) bond motifs is 1. The van der Waals surface area contributed by atoms with Crippen molar-refractivity contribution in [3.63, 3.8) is 0 Å². The number of hydrogen-bond donors (Lipinski definition) is 3. The molecule has 1 heterocycles. The zero-order valence-electron chi connectivity index (χ0n) is 15.0. The number of benzene rings is 2. The van der Waals surface area contributed by atoms with E-state index in [0.29, 0.717) is 0 Å². The van der Waals surface area contributed by atoms with Crippen molar-refractivity contribution in [1.82, 2.24) is 20.2 Å². The van der Waals surface area contributed by atoms with Crippen molar-refractivity contribution in [3.05, 3.63) is 65.4 Å². The van der Waals surface area contributed by atoms with E-state index in [1.165, 1.54) is 5.56 Å². The van der Waals surface area contributed by atoms with Gasteiger partial charge < -0.3 is 5.32 Å². The molecule has 0 aliphatic heterocycles. The van der Waals surface area contributed by atoms with E-state index in [0.717, 1.165) is 35.1 Å². The van der Waals surface area contributed by atoms with Crippen LogP contribution in [0.2, 0.25) is 0 Å². The van der Waals surface area contributed by atoms with Crippen LogP contribution >= 0.6 is 0 Å². The average Bonchev–Trinajstić information content (AvgIpc) is 3.02. The maximum absolute atomic E-state index is 12.0. The van der Waals surface area contributed by atoms with Crippen LogP contribution in [0, 0.1) is 0 Å². The topological polar surface area (TPSA) is 86.9 Å². The Hall–Kier alpha value is -2.22. The van der Waals surface area contributed by atoms with Crippen molar-refractivity contribution in [2.75, 3.05) is 0 Å². The van der Waals surface area contributed by atoms with Crippen LogP contribution in [0.4, 0.5) is 0 Å². The van der Waals surface area contributed by atoms with Gasteiger partial charge in [-0.3, -0.25) is 5.10 Å². The second-order valence-corrected chi connectivity index (χ2v) is 8.50. The van der Waals surface area contributed by atoms with E-state index in [1.807, 2.05) is 44.3 Å². The summed E-state index contributed by atoms with van der Waals surface area (Å²) in [5.41, 5.74) is 4.12. The Morgan fingerprint density at radius 3 is 2.38 bits per heavy atom. The molecule has 0 unspecified atom stereocenters. The van der Waals surface area contributed by atoms with Crippen molar-refractivity contribution in [2.24, 2.45) is 0 Å². The molecule has 0 radical (unpaired) electrons. The molecule has 0 aliphatic rings. The van der Waals surface area contributed by atoms with Crippen LogP contribution in [0.15, 0.2) is 48.7 Å². The summed E-state index contributed by atoms with van der Waals surface area (Å²) in [4.78, 5) is 0. The lowest BCUT2D eigenvalue weighted by atomic mass is 10.1. The largest absolute Gasteiger partial charge is 0.309 e. The summed E-state index contributed by atoms with van der Waals surface area (Å²) in [6.07, 6.45) is 1.81. The highest BCUT2D eigenvalue weighted by Gasteiger charge is 2.12. The monoisotopic (exact) mass is 372 g/mol. The van der Waals surface area contributed by atoms with Gasteiger partial charge in [0.1, 0.15) is 0 Å². The molecule has 0 saturated carbocycles. The Morgan fingerprint density at radius 1 is 1.00 bits per heavy atom. The van der Waals surface area contributed by atoms with Gasteiger partial charge in [0.2, 0.25) is 10.0 Å². The maximum atomic E-state index is 12.0. The van der Waals surface area contributed by atoms with Gasteiger partial charge in [-0.25, -0.2) is 13.1 Å². The lowest BCUT2D eigenvalue weighted by molar-refractivity contribution is 0.569. The molecule has 3 N–H and O–H groups in total. The summed E-state index contributed by atoms with van der Waals surface area (Å²) in [6.45, 7) is 5.11. The highest BCUT2D eigenvalue weighted by atomic mass is 32.2. The number of H-pyrrole nitrogens is 1. The van der Waals surface area contributed by atoms with Gasteiger partial charge in [-0.1, -0.05) is 36.4 Å². The predicted molar refractivity (Wildman–Crippen MR) is 104 cm³/mol. The summed E-state index contributed by atoms with van der Waals surface area (Å²) < 4.78 is 26.5. The Balaban J connectivity index is 1.52. The minimum atomic E-state index is -3.29. The first-order valence-corrected chi connectivity index (χ1v) is 10.3. The fourth-order valence-electron chi connectivity index (χ4n) is 2.82. The number of aromatic nitrogens is 2. The molecule has 0 fully saturated rings. The van der Waals surface area contributed by atoms with Gasteiger partial charge in [-0.15, -0.1) is 0 Å². The molecule has 0 amide bonds. The molecule has 7 heteroatoms. The highest BCUT2D eigenvalue weighted by Crippen LogP contribution is 2.13. The van der Waals surface area contributed by atoms with Gasteiger partial charge in [0.25, 0.3) is 0 Å². The van der Waals surface area contributed by atoms with Gasteiger partial charge in [0, 0.05) is 24.5 Å². The lowest BCUT2D eigenvalue weighted by Gasteiger charge is -2.10. The van der Waals surface area contributed by atoms with Crippen LogP contribution in [0.5, 0.6) is 0 Å². The quantitative estimate of drug-likeness (QED) is 0.567. The molecule has 3 aromatic rings. The first kappa shape index (κ1) is 18.6. The van der Waals surface area contributed by atoms with Crippen molar-refractivity contribution < 1.29 is 8.42 Å². The second kappa shape index (κ2) is 7.99. The molecule has 2 aromatic carbocycles. The molecule has 1 aromatic heterocycles. The first-order chi connectivity index (χ1) is 12.4. The van der Waals surface area contributed by atoms with Crippen LogP contribution in [0.25, 0.3) is 10.9 Å². The number of hydrogen-bond acceptors (Lipinski definition) is 4. The Bertz CT molecular complexity index is 963. The Kier molecular flexibility index (Phi) is 5.70. The summed E-state index contributed by atoms with van der Waals surface area (Å²) in [5.74, 6) is 0.00306. The van der Waals surface area contributed by atoms with Gasteiger partial charge in [-0.05, 0) is 36.6 Å². The van der Waals surface area contributed by atoms with Crippen LogP contribution in [0.1, 0.15) is 30.5 Å². The van der Waals surface area contributed by atoms with E-state index in [-0.39, 0.29) is 11.8 Å².